The molecule has 1 unspecified atom stereocenters. The highest BCUT2D eigenvalue weighted by Gasteiger charge is 2.12. The Kier molecular flexibility index (Phi) is 32.7. The molecular weight excluding hydrogens is 538 g/mol. The monoisotopic (exact) mass is 583 g/mol. The number of carboxylic acid groups (broad SMARTS) is 5. The van der Waals surface area contributed by atoms with E-state index in [1.54, 1.807) is 0 Å². The van der Waals surface area contributed by atoms with Crippen molar-refractivity contribution >= 4 is 41.9 Å². The lowest BCUT2D eigenvalue weighted by molar-refractivity contribution is -0.150. The van der Waals surface area contributed by atoms with Crippen LogP contribution in [0.3, 0.4) is 0 Å². The molecule has 0 aromatic carbocycles. The molecule has 17 heteroatoms. The van der Waals surface area contributed by atoms with Crippen LogP contribution in [0, 0.1) is 0 Å². The fraction of sp³-hybridized carbons (Fsp3) is 0.696. The third-order valence-electron chi connectivity index (χ3n) is 4.53. The van der Waals surface area contributed by atoms with Gasteiger partial charge in [-0.15, -0.1) is 0 Å². The Bertz CT molecular complexity index is 726. The Morgan fingerprint density at radius 1 is 0.575 bits per heavy atom. The van der Waals surface area contributed by atoms with Gasteiger partial charge in [0.1, 0.15) is 24.4 Å². The van der Waals surface area contributed by atoms with Gasteiger partial charge in [0.25, 0.3) is 0 Å². The van der Waals surface area contributed by atoms with E-state index in [1.165, 1.54) is 0 Å². The molecule has 0 aliphatic rings. The van der Waals surface area contributed by atoms with Gasteiger partial charge in [0.2, 0.25) is 5.78 Å². The Morgan fingerprint density at radius 2 is 0.925 bits per heavy atom. The zero-order chi connectivity index (χ0) is 32.1. The normalized spacial score (nSPS) is 11.8. The van der Waals surface area contributed by atoms with Crippen molar-refractivity contribution in [2.24, 2.45) is 28.7 Å². The molecule has 0 saturated carbocycles. The van der Waals surface area contributed by atoms with E-state index in [2.05, 4.69) is 0 Å². The van der Waals surface area contributed by atoms with Gasteiger partial charge in [-0.25, -0.2) is 4.79 Å². The van der Waals surface area contributed by atoms with Gasteiger partial charge < -0.3 is 59.0 Å². The minimum absolute atomic E-state index is 0.369. The molecule has 0 saturated heterocycles. The fourth-order valence-corrected chi connectivity index (χ4v) is 2.14. The Balaban J connectivity index is -0.000000216. The van der Waals surface area contributed by atoms with Gasteiger partial charge in [-0.05, 0) is 51.6 Å². The van der Waals surface area contributed by atoms with Crippen molar-refractivity contribution in [3.8, 4) is 0 Å². The molecule has 0 aromatic rings. The van der Waals surface area contributed by atoms with Crippen molar-refractivity contribution in [3.05, 3.63) is 0 Å². The van der Waals surface area contributed by atoms with Crippen LogP contribution in [0.5, 0.6) is 0 Å². The van der Waals surface area contributed by atoms with Crippen molar-refractivity contribution in [3.63, 3.8) is 0 Å². The molecule has 0 aliphatic heterocycles. The second kappa shape index (κ2) is 30.0. The molecule has 0 aromatic heterocycles. The molecule has 0 bridgehead atoms. The van der Waals surface area contributed by atoms with Gasteiger partial charge in [0.05, 0.1) is 6.42 Å². The first-order valence-corrected chi connectivity index (χ1v) is 12.4. The summed E-state index contributed by atoms with van der Waals surface area (Å²) in [5.74, 6) is -6.70. The SMILES string of the molecule is NC(CCCC=O)C(=O)O.NCCCC[C@H](N)C(=O)O.NCCCC[C@H](N)C(=O)O.O=C(O)CCC(=O)C(=O)O. The minimum Gasteiger partial charge on any atom is -0.481 e. The number of hydrogen-bond acceptors (Lipinski definition) is 12. The number of carbonyl (C=O) groups excluding carboxylic acids is 2. The standard InChI is InChI=1S/2C6H14N2O2.C6H11NO3.C5H6O5/c2*7-4-2-1-3-5(8)6(9)10;7-5(6(9)10)3-1-2-4-8;6-3(5(9)10)1-2-4(7)8/h2*5H,1-4,7-8H2,(H,9,10);4-5H,1-3,7H2,(H,9,10);1-2H2,(H,7,8)(H,9,10)/t2*5-;;/m00../s1. The molecule has 40 heavy (non-hydrogen) atoms. The van der Waals surface area contributed by atoms with E-state index in [-0.39, 0.29) is 0 Å². The van der Waals surface area contributed by atoms with Crippen molar-refractivity contribution < 1.29 is 59.1 Å². The zero-order valence-corrected chi connectivity index (χ0v) is 22.5. The topological polar surface area (TPSA) is 351 Å². The second-order valence-electron chi connectivity index (χ2n) is 8.12. The van der Waals surface area contributed by atoms with E-state index in [0.717, 1.165) is 32.0 Å². The van der Waals surface area contributed by atoms with Crippen LogP contribution in [-0.4, -0.2) is 98.7 Å². The maximum atomic E-state index is 10.2. The molecule has 3 atom stereocenters. The molecule has 0 amide bonds. The van der Waals surface area contributed by atoms with Crippen LogP contribution in [0.4, 0.5) is 0 Å². The molecule has 0 fully saturated rings. The third-order valence-corrected chi connectivity index (χ3v) is 4.53. The largest absolute Gasteiger partial charge is 0.481 e. The van der Waals surface area contributed by atoms with E-state index >= 15 is 0 Å². The highest BCUT2D eigenvalue weighted by Crippen LogP contribution is 1.98. The Morgan fingerprint density at radius 3 is 1.18 bits per heavy atom. The molecular formula is C23H45N5O12. The van der Waals surface area contributed by atoms with Crippen LogP contribution in [0.2, 0.25) is 0 Å². The molecule has 234 valence electrons. The number of aliphatic carboxylic acids is 5. The van der Waals surface area contributed by atoms with Crippen molar-refractivity contribution in [2.75, 3.05) is 13.1 Å². The number of ketones is 1. The molecule has 17 nitrogen and oxygen atoms in total. The van der Waals surface area contributed by atoms with E-state index < -0.39 is 66.6 Å². The molecule has 15 N–H and O–H groups in total. The highest BCUT2D eigenvalue weighted by atomic mass is 16.4. The van der Waals surface area contributed by atoms with Crippen LogP contribution in [0.15, 0.2) is 0 Å². The summed E-state index contributed by atoms with van der Waals surface area (Å²) in [6, 6.07) is -2.25. The van der Waals surface area contributed by atoms with Gasteiger partial charge in [-0.2, -0.15) is 0 Å². The average Bonchev–Trinajstić information content (AvgIpc) is 2.88. The van der Waals surface area contributed by atoms with Gasteiger partial charge >= 0.3 is 29.8 Å². The Labute approximate surface area is 232 Å². The maximum Gasteiger partial charge on any atom is 0.372 e. The van der Waals surface area contributed by atoms with Crippen LogP contribution in [0.1, 0.15) is 70.6 Å². The van der Waals surface area contributed by atoms with Gasteiger partial charge in [0, 0.05) is 12.8 Å². The summed E-state index contributed by atoms with van der Waals surface area (Å²) in [6.07, 6.45) is 5.53. The van der Waals surface area contributed by atoms with Crippen LogP contribution in [-0.2, 0) is 33.6 Å². The smallest absolute Gasteiger partial charge is 0.372 e. The first kappa shape index (κ1) is 43.5. The number of carboxylic acids is 5. The van der Waals surface area contributed by atoms with Gasteiger partial charge in [-0.3, -0.25) is 24.0 Å². The first-order valence-electron chi connectivity index (χ1n) is 12.4. The van der Waals surface area contributed by atoms with E-state index in [1.807, 2.05) is 0 Å². The molecule has 0 rings (SSSR count). The summed E-state index contributed by atoms with van der Waals surface area (Å²) in [6.45, 7) is 1.21. The Hall–Kier alpha value is -3.51. The van der Waals surface area contributed by atoms with Crippen LogP contribution < -0.4 is 28.7 Å². The zero-order valence-electron chi connectivity index (χ0n) is 22.5. The number of aldehydes is 1. The average molecular weight is 584 g/mol. The first-order chi connectivity index (χ1) is 18.6. The summed E-state index contributed by atoms with van der Waals surface area (Å²) in [5, 5.41) is 40.9. The second-order valence-corrected chi connectivity index (χ2v) is 8.12. The molecule has 0 spiro atoms. The summed E-state index contributed by atoms with van der Waals surface area (Å²) >= 11 is 0. The maximum absolute atomic E-state index is 10.2. The number of nitrogens with two attached hydrogens (primary N) is 5. The van der Waals surface area contributed by atoms with E-state index in [4.69, 9.17) is 54.2 Å². The number of carbonyl (C=O) groups is 7. The van der Waals surface area contributed by atoms with E-state index in [9.17, 15) is 33.6 Å². The number of rotatable bonds is 19. The van der Waals surface area contributed by atoms with Crippen molar-refractivity contribution in [1.29, 1.82) is 0 Å². The van der Waals surface area contributed by atoms with Crippen molar-refractivity contribution in [2.45, 2.75) is 88.8 Å². The van der Waals surface area contributed by atoms with Gasteiger partial charge in [-0.1, -0.05) is 12.8 Å². The van der Waals surface area contributed by atoms with Crippen LogP contribution >= 0.6 is 0 Å². The summed E-state index contributed by atoms with van der Waals surface area (Å²) in [4.78, 5) is 69.9. The lowest BCUT2D eigenvalue weighted by atomic mass is 10.1. The molecule has 0 aliphatic carbocycles. The lowest BCUT2D eigenvalue weighted by Crippen LogP contribution is -2.29. The molecule has 0 radical (unpaired) electrons. The van der Waals surface area contributed by atoms with E-state index in [0.29, 0.717) is 45.2 Å². The summed E-state index contributed by atoms with van der Waals surface area (Å²) in [7, 11) is 0. The highest BCUT2D eigenvalue weighted by molar-refractivity contribution is 6.32. The third kappa shape index (κ3) is 36.6. The number of hydrogen-bond donors (Lipinski definition) is 10. The summed E-state index contributed by atoms with van der Waals surface area (Å²) < 4.78 is 0. The number of Topliss-reactive ketones (excluding diaryl/α,β-unsaturated/α-hetero) is 1. The summed E-state index contributed by atoms with van der Waals surface area (Å²) in [5.41, 5.74) is 26.0. The van der Waals surface area contributed by atoms with Gasteiger partial charge in [0.15, 0.2) is 0 Å². The van der Waals surface area contributed by atoms with Crippen molar-refractivity contribution in [1.82, 2.24) is 0 Å². The van der Waals surface area contributed by atoms with Crippen LogP contribution in [0.25, 0.3) is 0 Å². The fourth-order valence-electron chi connectivity index (χ4n) is 2.14. The minimum atomic E-state index is -1.58. The lowest BCUT2D eigenvalue weighted by Gasteiger charge is -2.03. The predicted molar refractivity (Wildman–Crippen MR) is 142 cm³/mol. The predicted octanol–water partition coefficient (Wildman–Crippen LogP) is -1.67. The quantitative estimate of drug-likeness (QED) is 0.0461. The molecule has 0 heterocycles. The number of unbranched alkanes of at least 4 members (excludes halogenated alkanes) is 3.